The molecular formula is C14H16N2O2. The number of ether oxygens (including phenoxy) is 1. The van der Waals surface area contributed by atoms with Gasteiger partial charge in [-0.25, -0.2) is 4.98 Å². The van der Waals surface area contributed by atoms with Gasteiger partial charge in [0.1, 0.15) is 12.4 Å². The summed E-state index contributed by atoms with van der Waals surface area (Å²) < 4.78 is 4.94. The molecule has 0 fully saturated rings. The maximum atomic E-state index is 11.5. The highest BCUT2D eigenvalue weighted by molar-refractivity contribution is 5.93. The van der Waals surface area contributed by atoms with Gasteiger partial charge in [0.25, 0.3) is 0 Å². The molecule has 0 N–H and O–H groups in total. The predicted octanol–water partition coefficient (Wildman–Crippen LogP) is 2.23. The smallest absolute Gasteiger partial charge is 0.325 e. The van der Waals surface area contributed by atoms with Gasteiger partial charge in [-0.1, -0.05) is 24.3 Å². The summed E-state index contributed by atoms with van der Waals surface area (Å²) in [6, 6.07) is 9.93. The van der Waals surface area contributed by atoms with Gasteiger partial charge in [-0.2, -0.15) is 0 Å². The fourth-order valence-electron chi connectivity index (χ4n) is 1.88. The third-order valence-corrected chi connectivity index (χ3v) is 2.69. The predicted molar refractivity (Wildman–Crippen MR) is 71.6 cm³/mol. The molecule has 0 aliphatic carbocycles. The number of nitrogens with zero attached hydrogens (tertiary/aromatic N) is 2. The van der Waals surface area contributed by atoms with Crippen LogP contribution in [0.4, 0.5) is 5.82 Å². The molecule has 0 bridgehead atoms. The van der Waals surface area contributed by atoms with E-state index < -0.39 is 0 Å². The fraction of sp³-hybridized carbons (Fsp3) is 0.286. The summed E-state index contributed by atoms with van der Waals surface area (Å²) in [7, 11) is 1.84. The van der Waals surface area contributed by atoms with Crippen molar-refractivity contribution >= 4 is 22.6 Å². The number of pyridine rings is 1. The van der Waals surface area contributed by atoms with Crippen LogP contribution >= 0.6 is 0 Å². The monoisotopic (exact) mass is 244 g/mol. The molecule has 0 aliphatic heterocycles. The Labute approximate surface area is 106 Å². The minimum Gasteiger partial charge on any atom is -0.465 e. The summed E-state index contributed by atoms with van der Waals surface area (Å²) in [5.41, 5.74) is 0. The van der Waals surface area contributed by atoms with Crippen LogP contribution < -0.4 is 4.90 Å². The molecule has 0 radical (unpaired) electrons. The maximum Gasteiger partial charge on any atom is 0.325 e. The third kappa shape index (κ3) is 2.59. The minimum absolute atomic E-state index is 0.203. The highest BCUT2D eigenvalue weighted by Crippen LogP contribution is 2.22. The van der Waals surface area contributed by atoms with E-state index in [2.05, 4.69) is 4.98 Å². The van der Waals surface area contributed by atoms with E-state index in [1.165, 1.54) is 0 Å². The molecule has 94 valence electrons. The SMILES string of the molecule is CCOC(=O)CN(C)c1nccc2ccccc12. The van der Waals surface area contributed by atoms with E-state index in [0.717, 1.165) is 16.6 Å². The molecule has 18 heavy (non-hydrogen) atoms. The lowest BCUT2D eigenvalue weighted by Gasteiger charge is -2.18. The number of anilines is 1. The molecule has 2 rings (SSSR count). The van der Waals surface area contributed by atoms with E-state index in [1.807, 2.05) is 37.4 Å². The largest absolute Gasteiger partial charge is 0.465 e. The molecule has 1 aromatic carbocycles. The molecule has 1 aromatic heterocycles. The first-order chi connectivity index (χ1) is 8.72. The van der Waals surface area contributed by atoms with Crippen LogP contribution in [0, 0.1) is 0 Å². The molecule has 0 aliphatic rings. The van der Waals surface area contributed by atoms with Crippen LogP contribution in [0.2, 0.25) is 0 Å². The second-order valence-electron chi connectivity index (χ2n) is 4.02. The van der Waals surface area contributed by atoms with Gasteiger partial charge < -0.3 is 9.64 Å². The molecule has 0 amide bonds. The van der Waals surface area contributed by atoms with Crippen molar-refractivity contribution in [2.75, 3.05) is 25.1 Å². The van der Waals surface area contributed by atoms with Gasteiger partial charge >= 0.3 is 5.97 Å². The highest BCUT2D eigenvalue weighted by atomic mass is 16.5. The fourth-order valence-corrected chi connectivity index (χ4v) is 1.88. The summed E-state index contributed by atoms with van der Waals surface area (Å²) in [6.07, 6.45) is 1.75. The molecule has 0 spiro atoms. The van der Waals surface area contributed by atoms with E-state index in [4.69, 9.17) is 4.74 Å². The van der Waals surface area contributed by atoms with Gasteiger partial charge in [0, 0.05) is 18.6 Å². The third-order valence-electron chi connectivity index (χ3n) is 2.69. The second-order valence-corrected chi connectivity index (χ2v) is 4.02. The first-order valence-corrected chi connectivity index (χ1v) is 5.93. The number of rotatable bonds is 4. The van der Waals surface area contributed by atoms with E-state index >= 15 is 0 Å². The zero-order valence-corrected chi connectivity index (χ0v) is 10.6. The van der Waals surface area contributed by atoms with Crippen molar-refractivity contribution in [1.82, 2.24) is 4.98 Å². The van der Waals surface area contributed by atoms with E-state index in [1.54, 1.807) is 18.0 Å². The van der Waals surface area contributed by atoms with Gasteiger partial charge in [0.2, 0.25) is 0 Å². The molecule has 0 unspecified atom stereocenters. The Balaban J connectivity index is 2.27. The Hall–Kier alpha value is -2.10. The first kappa shape index (κ1) is 12.4. The van der Waals surface area contributed by atoms with Crippen molar-refractivity contribution in [3.05, 3.63) is 36.5 Å². The Bertz CT molecular complexity index is 549. The average Bonchev–Trinajstić information content (AvgIpc) is 2.38. The zero-order chi connectivity index (χ0) is 13.0. The van der Waals surface area contributed by atoms with E-state index in [9.17, 15) is 4.79 Å². The van der Waals surface area contributed by atoms with Gasteiger partial charge in [-0.3, -0.25) is 4.79 Å². The standard InChI is InChI=1S/C14H16N2O2/c1-3-18-13(17)10-16(2)14-12-7-5-4-6-11(12)8-9-15-14/h4-9H,3,10H2,1-2H3. The lowest BCUT2D eigenvalue weighted by Crippen LogP contribution is -2.27. The second kappa shape index (κ2) is 5.49. The van der Waals surface area contributed by atoms with Gasteiger partial charge in [0.15, 0.2) is 0 Å². The average molecular weight is 244 g/mol. The van der Waals surface area contributed by atoms with Crippen molar-refractivity contribution in [2.24, 2.45) is 0 Å². The minimum atomic E-state index is -0.241. The summed E-state index contributed by atoms with van der Waals surface area (Å²) in [5, 5.41) is 2.14. The molecule has 2 aromatic rings. The van der Waals surface area contributed by atoms with Crippen LogP contribution in [-0.2, 0) is 9.53 Å². The van der Waals surface area contributed by atoms with Crippen molar-refractivity contribution < 1.29 is 9.53 Å². The zero-order valence-electron chi connectivity index (χ0n) is 10.6. The number of hydrogen-bond donors (Lipinski definition) is 0. The van der Waals surface area contributed by atoms with Gasteiger partial charge in [0.05, 0.1) is 6.61 Å². The van der Waals surface area contributed by atoms with Crippen molar-refractivity contribution in [3.63, 3.8) is 0 Å². The number of carbonyl (C=O) groups excluding carboxylic acids is 1. The van der Waals surface area contributed by atoms with Crippen LogP contribution in [0.25, 0.3) is 10.8 Å². The summed E-state index contributed by atoms with van der Waals surface area (Å²) in [6.45, 7) is 2.40. The van der Waals surface area contributed by atoms with Crippen molar-refractivity contribution in [2.45, 2.75) is 6.92 Å². The number of fused-ring (bicyclic) bond motifs is 1. The Morgan fingerprint density at radius 3 is 2.89 bits per heavy atom. The van der Waals surface area contributed by atoms with Crippen LogP contribution in [0.3, 0.4) is 0 Å². The van der Waals surface area contributed by atoms with Gasteiger partial charge in [-0.05, 0) is 18.4 Å². The highest BCUT2D eigenvalue weighted by Gasteiger charge is 2.11. The van der Waals surface area contributed by atoms with Crippen molar-refractivity contribution in [1.29, 1.82) is 0 Å². The molecule has 1 heterocycles. The topological polar surface area (TPSA) is 42.4 Å². The maximum absolute atomic E-state index is 11.5. The number of likely N-dealkylation sites (N-methyl/N-ethyl adjacent to an activating group) is 1. The molecule has 4 nitrogen and oxygen atoms in total. The number of benzene rings is 1. The van der Waals surface area contributed by atoms with E-state index in [-0.39, 0.29) is 12.5 Å². The normalized spacial score (nSPS) is 10.3. The number of esters is 1. The first-order valence-electron chi connectivity index (χ1n) is 5.93. The molecular weight excluding hydrogens is 228 g/mol. The molecule has 0 atom stereocenters. The van der Waals surface area contributed by atoms with Crippen LogP contribution in [0.1, 0.15) is 6.92 Å². The Morgan fingerprint density at radius 2 is 2.11 bits per heavy atom. The number of hydrogen-bond acceptors (Lipinski definition) is 4. The number of aromatic nitrogens is 1. The molecule has 0 saturated heterocycles. The molecule has 0 saturated carbocycles. The van der Waals surface area contributed by atoms with Crippen LogP contribution in [0.5, 0.6) is 0 Å². The summed E-state index contributed by atoms with van der Waals surface area (Å²) in [4.78, 5) is 17.6. The number of carbonyl (C=O) groups is 1. The lowest BCUT2D eigenvalue weighted by atomic mass is 10.1. The summed E-state index contributed by atoms with van der Waals surface area (Å²) in [5.74, 6) is 0.552. The van der Waals surface area contributed by atoms with Crippen LogP contribution in [0.15, 0.2) is 36.5 Å². The quantitative estimate of drug-likeness (QED) is 0.773. The van der Waals surface area contributed by atoms with Crippen molar-refractivity contribution in [3.8, 4) is 0 Å². The van der Waals surface area contributed by atoms with E-state index in [0.29, 0.717) is 6.61 Å². The molecule has 4 heteroatoms. The van der Waals surface area contributed by atoms with Gasteiger partial charge in [-0.15, -0.1) is 0 Å². The lowest BCUT2D eigenvalue weighted by molar-refractivity contribution is -0.141. The summed E-state index contributed by atoms with van der Waals surface area (Å²) >= 11 is 0. The Kier molecular flexibility index (Phi) is 3.77. The van der Waals surface area contributed by atoms with Crippen LogP contribution in [-0.4, -0.2) is 31.2 Å². The Morgan fingerprint density at radius 1 is 1.33 bits per heavy atom.